The number of aromatic nitrogens is 2. The number of alkyl halides is 2. The van der Waals surface area contributed by atoms with Crippen molar-refractivity contribution in [3.8, 4) is 17.2 Å². The van der Waals surface area contributed by atoms with E-state index in [1.54, 1.807) is 55.8 Å². The van der Waals surface area contributed by atoms with Gasteiger partial charge in [0.25, 0.3) is 6.43 Å². The SMILES string of the molecule is Cn1nc(-c2ccco2)cc1NC(=O)NCc1cccc(OCC(F)F)c1. The van der Waals surface area contributed by atoms with Crippen LogP contribution in [-0.2, 0) is 13.6 Å². The molecular formula is C18H18F2N4O3. The molecule has 0 unspecified atom stereocenters. The van der Waals surface area contributed by atoms with E-state index in [0.717, 1.165) is 5.56 Å². The van der Waals surface area contributed by atoms with Crippen LogP contribution in [0, 0.1) is 0 Å². The Bertz CT molecular complexity index is 894. The zero-order valence-electron chi connectivity index (χ0n) is 14.5. The molecule has 2 aromatic heterocycles. The van der Waals surface area contributed by atoms with Crippen LogP contribution < -0.4 is 15.4 Å². The van der Waals surface area contributed by atoms with E-state index in [9.17, 15) is 13.6 Å². The highest BCUT2D eigenvalue weighted by molar-refractivity contribution is 5.88. The minimum absolute atomic E-state index is 0.209. The van der Waals surface area contributed by atoms with Gasteiger partial charge in [-0.3, -0.25) is 10.00 Å². The molecule has 2 amide bonds. The first-order valence-electron chi connectivity index (χ1n) is 8.14. The highest BCUT2D eigenvalue weighted by Crippen LogP contribution is 2.21. The standard InChI is InChI=1S/C18H18F2N4O3/c1-24-17(9-14(23-24)15-6-3-7-26-15)22-18(25)21-10-12-4-2-5-13(8-12)27-11-16(19)20/h2-9,16H,10-11H2,1H3,(H2,21,22,25). The number of carbonyl (C=O) groups is 1. The zero-order valence-corrected chi connectivity index (χ0v) is 14.5. The summed E-state index contributed by atoms with van der Waals surface area (Å²) in [5.41, 5.74) is 1.32. The summed E-state index contributed by atoms with van der Waals surface area (Å²) in [5, 5.41) is 9.66. The van der Waals surface area contributed by atoms with E-state index >= 15 is 0 Å². The van der Waals surface area contributed by atoms with Crippen LogP contribution in [0.3, 0.4) is 0 Å². The molecule has 0 saturated heterocycles. The van der Waals surface area contributed by atoms with Crippen LogP contribution in [0.1, 0.15) is 5.56 Å². The van der Waals surface area contributed by atoms with Gasteiger partial charge in [0, 0.05) is 19.7 Å². The third kappa shape index (κ3) is 5.06. The smallest absolute Gasteiger partial charge is 0.320 e. The molecule has 0 aliphatic heterocycles. The molecule has 7 nitrogen and oxygen atoms in total. The van der Waals surface area contributed by atoms with Crippen LogP contribution in [0.15, 0.2) is 53.1 Å². The van der Waals surface area contributed by atoms with E-state index in [1.807, 2.05) is 0 Å². The van der Waals surface area contributed by atoms with E-state index < -0.39 is 19.1 Å². The highest BCUT2D eigenvalue weighted by atomic mass is 19.3. The van der Waals surface area contributed by atoms with Crippen molar-refractivity contribution in [1.82, 2.24) is 15.1 Å². The Morgan fingerprint density at radius 1 is 1.30 bits per heavy atom. The van der Waals surface area contributed by atoms with Crippen LogP contribution in [0.4, 0.5) is 19.4 Å². The Morgan fingerprint density at radius 3 is 2.89 bits per heavy atom. The molecule has 0 radical (unpaired) electrons. The molecular weight excluding hydrogens is 358 g/mol. The van der Waals surface area contributed by atoms with Gasteiger partial charge in [-0.1, -0.05) is 12.1 Å². The van der Waals surface area contributed by atoms with Crippen molar-refractivity contribution < 1.29 is 22.7 Å². The van der Waals surface area contributed by atoms with E-state index in [0.29, 0.717) is 23.0 Å². The second-order valence-electron chi connectivity index (χ2n) is 5.67. The minimum Gasteiger partial charge on any atom is -0.488 e. The number of amides is 2. The first-order chi connectivity index (χ1) is 13.0. The molecule has 142 valence electrons. The maximum atomic E-state index is 12.2. The first kappa shape index (κ1) is 18.4. The molecule has 3 rings (SSSR count). The molecule has 0 aliphatic carbocycles. The van der Waals surface area contributed by atoms with Crippen LogP contribution in [0.2, 0.25) is 0 Å². The summed E-state index contributed by atoms with van der Waals surface area (Å²) in [6, 6.07) is 11.4. The molecule has 0 saturated carbocycles. The molecule has 3 aromatic rings. The monoisotopic (exact) mass is 376 g/mol. The van der Waals surface area contributed by atoms with E-state index in [4.69, 9.17) is 9.15 Å². The molecule has 9 heteroatoms. The van der Waals surface area contributed by atoms with E-state index in [1.165, 1.54) is 4.68 Å². The fourth-order valence-electron chi connectivity index (χ4n) is 2.38. The predicted molar refractivity (Wildman–Crippen MR) is 94.7 cm³/mol. The van der Waals surface area contributed by atoms with Gasteiger partial charge in [0.05, 0.1) is 6.26 Å². The van der Waals surface area contributed by atoms with E-state index in [2.05, 4.69) is 15.7 Å². The summed E-state index contributed by atoms with van der Waals surface area (Å²) < 4.78 is 36.2. The summed E-state index contributed by atoms with van der Waals surface area (Å²) in [6.07, 6.45) is -0.995. The van der Waals surface area contributed by atoms with Crippen molar-refractivity contribution >= 4 is 11.8 Å². The number of halogens is 2. The highest BCUT2D eigenvalue weighted by Gasteiger charge is 2.12. The molecule has 2 N–H and O–H groups in total. The van der Waals surface area contributed by atoms with Crippen molar-refractivity contribution in [2.75, 3.05) is 11.9 Å². The second-order valence-corrected chi connectivity index (χ2v) is 5.67. The van der Waals surface area contributed by atoms with Gasteiger partial charge in [-0.05, 0) is 29.8 Å². The molecule has 0 fully saturated rings. The molecule has 0 bridgehead atoms. The lowest BCUT2D eigenvalue weighted by molar-refractivity contribution is 0.0818. The normalized spacial score (nSPS) is 10.8. The fraction of sp³-hybridized carbons (Fsp3) is 0.222. The summed E-state index contributed by atoms with van der Waals surface area (Å²) in [4.78, 5) is 12.1. The number of hydrogen-bond donors (Lipinski definition) is 2. The third-order valence-electron chi connectivity index (χ3n) is 3.62. The Kier molecular flexibility index (Phi) is 5.70. The summed E-state index contributed by atoms with van der Waals surface area (Å²) in [6.45, 7) is -0.462. The number of urea groups is 1. The average molecular weight is 376 g/mol. The van der Waals surface area contributed by atoms with Gasteiger partial charge >= 0.3 is 6.03 Å². The summed E-state index contributed by atoms with van der Waals surface area (Å²) in [5.74, 6) is 1.41. The van der Waals surface area contributed by atoms with Crippen molar-refractivity contribution in [2.24, 2.45) is 7.05 Å². The lowest BCUT2D eigenvalue weighted by Crippen LogP contribution is -2.29. The van der Waals surface area contributed by atoms with Crippen LogP contribution in [0.25, 0.3) is 11.5 Å². The second kappa shape index (κ2) is 8.35. The Hall–Kier alpha value is -3.36. The van der Waals surface area contributed by atoms with Gasteiger partial charge < -0.3 is 14.5 Å². The molecule has 2 heterocycles. The quantitative estimate of drug-likeness (QED) is 0.660. The van der Waals surface area contributed by atoms with Crippen molar-refractivity contribution in [3.63, 3.8) is 0 Å². The maximum Gasteiger partial charge on any atom is 0.320 e. The van der Waals surface area contributed by atoms with Crippen LogP contribution in [0.5, 0.6) is 5.75 Å². The van der Waals surface area contributed by atoms with Crippen molar-refractivity contribution in [1.29, 1.82) is 0 Å². The summed E-state index contributed by atoms with van der Waals surface area (Å²) >= 11 is 0. The number of nitrogens with one attached hydrogen (secondary N) is 2. The number of anilines is 1. The topological polar surface area (TPSA) is 81.3 Å². The average Bonchev–Trinajstić information content (AvgIpc) is 3.29. The van der Waals surface area contributed by atoms with Gasteiger partial charge in [0.15, 0.2) is 5.76 Å². The Balaban J connectivity index is 1.55. The van der Waals surface area contributed by atoms with Crippen molar-refractivity contribution in [2.45, 2.75) is 13.0 Å². The fourth-order valence-corrected chi connectivity index (χ4v) is 2.38. The zero-order chi connectivity index (χ0) is 19.2. The largest absolute Gasteiger partial charge is 0.488 e. The third-order valence-corrected chi connectivity index (χ3v) is 3.62. The number of carbonyl (C=O) groups excluding carboxylic acids is 1. The van der Waals surface area contributed by atoms with Gasteiger partial charge in [-0.15, -0.1) is 0 Å². The maximum absolute atomic E-state index is 12.2. The van der Waals surface area contributed by atoms with E-state index in [-0.39, 0.29) is 6.54 Å². The van der Waals surface area contributed by atoms with Crippen molar-refractivity contribution in [3.05, 3.63) is 54.3 Å². The lowest BCUT2D eigenvalue weighted by atomic mass is 10.2. The van der Waals surface area contributed by atoms with Gasteiger partial charge in [0.1, 0.15) is 23.9 Å². The molecule has 0 aliphatic rings. The van der Waals surface area contributed by atoms with Gasteiger partial charge in [-0.2, -0.15) is 5.10 Å². The summed E-state index contributed by atoms with van der Waals surface area (Å²) in [7, 11) is 1.70. The number of ether oxygens (including phenoxy) is 1. The number of nitrogens with zero attached hydrogens (tertiary/aromatic N) is 2. The predicted octanol–water partition coefficient (Wildman–Crippen LogP) is 3.65. The first-order valence-corrected chi connectivity index (χ1v) is 8.14. The van der Waals surface area contributed by atoms with Gasteiger partial charge in [-0.25, -0.2) is 13.6 Å². The molecule has 0 atom stereocenters. The Morgan fingerprint density at radius 2 is 2.15 bits per heavy atom. The van der Waals surface area contributed by atoms with Crippen LogP contribution >= 0.6 is 0 Å². The number of furan rings is 1. The minimum atomic E-state index is -2.54. The van der Waals surface area contributed by atoms with Crippen LogP contribution in [-0.4, -0.2) is 28.8 Å². The van der Waals surface area contributed by atoms with Gasteiger partial charge in [0.2, 0.25) is 0 Å². The molecule has 1 aromatic carbocycles. The number of hydrogen-bond acceptors (Lipinski definition) is 4. The lowest BCUT2D eigenvalue weighted by Gasteiger charge is -2.09. The Labute approximate surface area is 153 Å². The molecule has 0 spiro atoms. The number of rotatable bonds is 7. The number of benzene rings is 1. The number of aryl methyl sites for hydroxylation is 1. The molecule has 27 heavy (non-hydrogen) atoms.